The smallest absolute Gasteiger partial charge is 0.230 e. The highest BCUT2D eigenvalue weighted by atomic mass is 16.5. The summed E-state index contributed by atoms with van der Waals surface area (Å²) in [7, 11) is 0. The Morgan fingerprint density at radius 3 is 2.78 bits per heavy atom. The number of carbonyl (C=O) groups excluding carboxylic acids is 1. The Morgan fingerprint density at radius 1 is 1.19 bits per heavy atom. The molecule has 0 bridgehead atoms. The van der Waals surface area contributed by atoms with Crippen LogP contribution in [0.5, 0.6) is 0 Å². The minimum Gasteiger partial charge on any atom is -0.379 e. The SMILES string of the molecule is CCOC1CCC(C(=O)N2Cc3cccnc3Nc3ccc(N4CCOCC4)cc32)CC1. The average Bonchev–Trinajstić information content (AvgIpc) is 3.01. The number of ether oxygens (including phenoxy) is 2. The number of fused-ring (bicyclic) bond motifs is 2. The van der Waals surface area contributed by atoms with Gasteiger partial charge in [0.15, 0.2) is 0 Å². The number of morpholine rings is 1. The van der Waals surface area contributed by atoms with Crippen molar-refractivity contribution in [2.24, 2.45) is 5.92 Å². The van der Waals surface area contributed by atoms with Crippen LogP contribution >= 0.6 is 0 Å². The highest BCUT2D eigenvalue weighted by Crippen LogP contribution is 2.39. The van der Waals surface area contributed by atoms with Gasteiger partial charge in [0.05, 0.1) is 37.2 Å². The number of hydrogen-bond acceptors (Lipinski definition) is 6. The van der Waals surface area contributed by atoms with Gasteiger partial charge in [-0.25, -0.2) is 4.98 Å². The summed E-state index contributed by atoms with van der Waals surface area (Å²) in [5.74, 6) is 1.06. The van der Waals surface area contributed by atoms with E-state index in [0.29, 0.717) is 12.6 Å². The van der Waals surface area contributed by atoms with Crippen molar-refractivity contribution in [3.8, 4) is 0 Å². The molecule has 170 valence electrons. The van der Waals surface area contributed by atoms with Crippen molar-refractivity contribution >= 4 is 28.8 Å². The normalized spacial score (nSPS) is 23.0. The van der Waals surface area contributed by atoms with Crippen LogP contribution in [0.25, 0.3) is 0 Å². The van der Waals surface area contributed by atoms with Crippen molar-refractivity contribution in [2.45, 2.75) is 45.3 Å². The minimum absolute atomic E-state index is 0.0322. The standard InChI is InChI=1S/C25H32N4O3/c1-2-32-21-8-5-18(6-9-21)25(30)29-17-19-4-3-11-26-24(19)27-22-10-7-20(16-23(22)29)28-12-14-31-15-13-28/h3-4,7,10-11,16,18,21H,2,5-6,8-9,12-15,17H2,1H3,(H,26,27). The number of aromatic nitrogens is 1. The van der Waals surface area contributed by atoms with E-state index in [-0.39, 0.29) is 11.8 Å². The molecule has 3 aliphatic rings. The monoisotopic (exact) mass is 436 g/mol. The molecule has 1 amide bonds. The number of rotatable bonds is 4. The van der Waals surface area contributed by atoms with Gasteiger partial charge in [-0.05, 0) is 56.9 Å². The second kappa shape index (κ2) is 9.46. The van der Waals surface area contributed by atoms with Gasteiger partial charge in [-0.3, -0.25) is 4.79 Å². The van der Waals surface area contributed by atoms with Gasteiger partial charge >= 0.3 is 0 Å². The molecule has 1 aromatic carbocycles. The third kappa shape index (κ3) is 4.32. The van der Waals surface area contributed by atoms with E-state index < -0.39 is 0 Å². The van der Waals surface area contributed by atoms with E-state index in [2.05, 4.69) is 39.5 Å². The predicted octanol–water partition coefficient (Wildman–Crippen LogP) is 4.10. The van der Waals surface area contributed by atoms with Crippen molar-refractivity contribution < 1.29 is 14.3 Å². The molecule has 2 aliphatic heterocycles. The van der Waals surface area contributed by atoms with E-state index >= 15 is 0 Å². The molecule has 2 fully saturated rings. The maximum Gasteiger partial charge on any atom is 0.230 e. The maximum atomic E-state index is 13.8. The summed E-state index contributed by atoms with van der Waals surface area (Å²) in [6.07, 6.45) is 5.75. The molecule has 1 aromatic heterocycles. The van der Waals surface area contributed by atoms with Crippen LogP contribution in [0.2, 0.25) is 0 Å². The lowest BCUT2D eigenvalue weighted by atomic mass is 9.86. The fraction of sp³-hybridized carbons (Fsp3) is 0.520. The first-order valence-corrected chi connectivity index (χ1v) is 11.8. The fourth-order valence-corrected chi connectivity index (χ4v) is 5.06. The molecule has 1 saturated heterocycles. The molecule has 2 aromatic rings. The Hall–Kier alpha value is -2.64. The number of nitrogens with zero attached hydrogens (tertiary/aromatic N) is 3. The summed E-state index contributed by atoms with van der Waals surface area (Å²) in [6, 6.07) is 10.3. The van der Waals surface area contributed by atoms with Crippen LogP contribution in [-0.4, -0.2) is 49.9 Å². The molecule has 32 heavy (non-hydrogen) atoms. The van der Waals surface area contributed by atoms with Crippen molar-refractivity contribution in [1.29, 1.82) is 0 Å². The predicted molar refractivity (Wildman–Crippen MR) is 126 cm³/mol. The number of amides is 1. The topological polar surface area (TPSA) is 66.9 Å². The highest BCUT2D eigenvalue weighted by Gasteiger charge is 2.33. The number of pyridine rings is 1. The van der Waals surface area contributed by atoms with Crippen molar-refractivity contribution in [3.05, 3.63) is 42.1 Å². The van der Waals surface area contributed by atoms with Gasteiger partial charge in [0.2, 0.25) is 5.91 Å². The zero-order valence-corrected chi connectivity index (χ0v) is 18.8. The number of benzene rings is 1. The molecule has 5 rings (SSSR count). The van der Waals surface area contributed by atoms with Gasteiger partial charge in [-0.1, -0.05) is 6.07 Å². The Kier molecular flexibility index (Phi) is 6.28. The first-order chi connectivity index (χ1) is 15.7. The van der Waals surface area contributed by atoms with Crippen molar-refractivity contribution in [1.82, 2.24) is 4.98 Å². The van der Waals surface area contributed by atoms with Gasteiger partial charge in [0.25, 0.3) is 0 Å². The van der Waals surface area contributed by atoms with E-state index in [1.54, 1.807) is 6.20 Å². The zero-order valence-electron chi connectivity index (χ0n) is 18.8. The zero-order chi connectivity index (χ0) is 21.9. The van der Waals surface area contributed by atoms with Crippen molar-refractivity contribution in [2.75, 3.05) is 48.0 Å². The number of hydrogen-bond donors (Lipinski definition) is 1. The highest BCUT2D eigenvalue weighted by molar-refractivity contribution is 6.00. The molecular formula is C25H32N4O3. The third-order valence-electron chi connectivity index (χ3n) is 6.81. The van der Waals surface area contributed by atoms with Gasteiger partial charge in [0.1, 0.15) is 5.82 Å². The summed E-state index contributed by atoms with van der Waals surface area (Å²) < 4.78 is 11.3. The molecule has 0 spiro atoms. The first kappa shape index (κ1) is 21.2. The van der Waals surface area contributed by atoms with Crippen LogP contribution in [0.3, 0.4) is 0 Å². The van der Waals surface area contributed by atoms with Gasteiger partial charge in [-0.2, -0.15) is 0 Å². The number of anilines is 4. The molecule has 0 unspecified atom stereocenters. The van der Waals surface area contributed by atoms with Gasteiger partial charge < -0.3 is 24.6 Å². The average molecular weight is 437 g/mol. The van der Waals surface area contributed by atoms with Crippen LogP contribution in [0, 0.1) is 5.92 Å². The van der Waals surface area contributed by atoms with E-state index in [9.17, 15) is 4.79 Å². The summed E-state index contributed by atoms with van der Waals surface area (Å²) in [5, 5.41) is 3.48. The fourth-order valence-electron chi connectivity index (χ4n) is 5.06. The lowest BCUT2D eigenvalue weighted by Gasteiger charge is -2.33. The van der Waals surface area contributed by atoms with Crippen LogP contribution in [0.4, 0.5) is 22.9 Å². The third-order valence-corrected chi connectivity index (χ3v) is 6.81. The van der Waals surface area contributed by atoms with E-state index in [0.717, 1.165) is 87.0 Å². The van der Waals surface area contributed by atoms with Crippen LogP contribution in [-0.2, 0) is 20.8 Å². The van der Waals surface area contributed by atoms with E-state index in [4.69, 9.17) is 9.47 Å². The Bertz CT molecular complexity index is 952. The van der Waals surface area contributed by atoms with Crippen molar-refractivity contribution in [3.63, 3.8) is 0 Å². The molecule has 1 saturated carbocycles. The molecular weight excluding hydrogens is 404 g/mol. The van der Waals surface area contributed by atoms with Gasteiger partial charge in [-0.15, -0.1) is 0 Å². The first-order valence-electron chi connectivity index (χ1n) is 11.8. The molecule has 1 aliphatic carbocycles. The summed E-state index contributed by atoms with van der Waals surface area (Å²) in [5.41, 5.74) is 4.03. The van der Waals surface area contributed by atoms with Crippen LogP contribution in [0.1, 0.15) is 38.2 Å². The van der Waals surface area contributed by atoms with Crippen LogP contribution < -0.4 is 15.1 Å². The van der Waals surface area contributed by atoms with E-state index in [1.807, 2.05) is 17.9 Å². The lowest BCUT2D eigenvalue weighted by Crippen LogP contribution is -2.39. The van der Waals surface area contributed by atoms with E-state index in [1.165, 1.54) is 0 Å². The summed E-state index contributed by atoms with van der Waals surface area (Å²) in [6.45, 7) is 6.50. The second-order valence-corrected chi connectivity index (χ2v) is 8.79. The maximum absolute atomic E-state index is 13.8. The Morgan fingerprint density at radius 2 is 2.00 bits per heavy atom. The molecule has 7 heteroatoms. The molecule has 1 N–H and O–H groups in total. The summed E-state index contributed by atoms with van der Waals surface area (Å²) >= 11 is 0. The lowest BCUT2D eigenvalue weighted by molar-refractivity contribution is -0.124. The second-order valence-electron chi connectivity index (χ2n) is 8.79. The molecule has 7 nitrogen and oxygen atoms in total. The number of carbonyl (C=O) groups is 1. The quantitative estimate of drug-likeness (QED) is 0.778. The Balaban J connectivity index is 1.46. The van der Waals surface area contributed by atoms with Gasteiger partial charge in [0, 0.05) is 43.1 Å². The molecule has 0 atom stereocenters. The minimum atomic E-state index is 0.0322. The Labute approximate surface area is 189 Å². The largest absolute Gasteiger partial charge is 0.379 e. The number of nitrogens with one attached hydrogen (secondary N) is 1. The van der Waals surface area contributed by atoms with Crippen LogP contribution in [0.15, 0.2) is 36.5 Å². The molecule has 3 heterocycles. The molecule has 0 radical (unpaired) electrons. The summed E-state index contributed by atoms with van der Waals surface area (Å²) in [4.78, 5) is 22.7.